The standard InChI is InChI=1S/C16H19NO2S/c1-13-7-9-15(10-8-13)20(18,19)12-11-17-16-6-4-3-5-14(16)2/h3-10,17H,11-12H2,1-2H3. The number of para-hydroxylation sites is 1. The Balaban J connectivity index is 2.00. The van der Waals surface area contributed by atoms with Gasteiger partial charge >= 0.3 is 0 Å². The maximum absolute atomic E-state index is 12.2. The molecule has 20 heavy (non-hydrogen) atoms. The van der Waals surface area contributed by atoms with E-state index in [2.05, 4.69) is 5.32 Å². The molecule has 106 valence electrons. The largest absolute Gasteiger partial charge is 0.384 e. The molecule has 0 radical (unpaired) electrons. The number of hydrogen-bond donors (Lipinski definition) is 1. The maximum atomic E-state index is 12.2. The molecule has 0 spiro atoms. The second-order valence-corrected chi connectivity index (χ2v) is 6.98. The van der Waals surface area contributed by atoms with Crippen LogP contribution in [0.5, 0.6) is 0 Å². The number of benzene rings is 2. The Bertz CT molecular complexity index is 676. The monoisotopic (exact) mass is 289 g/mol. The molecule has 0 saturated carbocycles. The zero-order valence-electron chi connectivity index (χ0n) is 11.8. The van der Waals surface area contributed by atoms with E-state index < -0.39 is 9.84 Å². The van der Waals surface area contributed by atoms with Gasteiger partial charge in [-0.15, -0.1) is 0 Å². The van der Waals surface area contributed by atoms with E-state index in [4.69, 9.17) is 0 Å². The number of nitrogens with one attached hydrogen (secondary N) is 1. The summed E-state index contributed by atoms with van der Waals surface area (Å²) in [5.74, 6) is 0.0877. The van der Waals surface area contributed by atoms with E-state index in [1.165, 1.54) is 0 Å². The van der Waals surface area contributed by atoms with Gasteiger partial charge in [-0.05, 0) is 37.6 Å². The zero-order chi connectivity index (χ0) is 14.6. The van der Waals surface area contributed by atoms with E-state index in [1.54, 1.807) is 12.1 Å². The first-order valence-corrected chi connectivity index (χ1v) is 8.23. The Morgan fingerprint density at radius 1 is 0.950 bits per heavy atom. The van der Waals surface area contributed by atoms with Crippen LogP contribution >= 0.6 is 0 Å². The predicted octanol–water partition coefficient (Wildman–Crippen LogP) is 3.19. The highest BCUT2D eigenvalue weighted by Gasteiger charge is 2.13. The predicted molar refractivity (Wildman–Crippen MR) is 82.9 cm³/mol. The van der Waals surface area contributed by atoms with Gasteiger partial charge in [-0.1, -0.05) is 35.9 Å². The van der Waals surface area contributed by atoms with Crippen molar-refractivity contribution >= 4 is 15.5 Å². The van der Waals surface area contributed by atoms with E-state index in [0.717, 1.165) is 16.8 Å². The molecule has 0 aliphatic heterocycles. The van der Waals surface area contributed by atoms with Gasteiger partial charge in [-0.3, -0.25) is 0 Å². The lowest BCUT2D eigenvalue weighted by Crippen LogP contribution is -2.16. The third-order valence-corrected chi connectivity index (χ3v) is 4.94. The van der Waals surface area contributed by atoms with E-state index in [0.29, 0.717) is 11.4 Å². The van der Waals surface area contributed by atoms with Crippen molar-refractivity contribution in [3.05, 3.63) is 59.7 Å². The average Bonchev–Trinajstić information content (AvgIpc) is 2.41. The smallest absolute Gasteiger partial charge is 0.180 e. The summed E-state index contributed by atoms with van der Waals surface area (Å²) in [6.45, 7) is 4.34. The fourth-order valence-corrected chi connectivity index (χ4v) is 3.11. The highest BCUT2D eigenvalue weighted by Crippen LogP contribution is 2.15. The van der Waals surface area contributed by atoms with Gasteiger partial charge in [0.1, 0.15) is 0 Å². The van der Waals surface area contributed by atoms with Gasteiger partial charge in [0, 0.05) is 12.2 Å². The number of hydrogen-bond acceptors (Lipinski definition) is 3. The maximum Gasteiger partial charge on any atom is 0.180 e. The molecular weight excluding hydrogens is 270 g/mol. The lowest BCUT2D eigenvalue weighted by atomic mass is 10.2. The van der Waals surface area contributed by atoms with Crippen LogP contribution in [-0.2, 0) is 9.84 Å². The highest BCUT2D eigenvalue weighted by atomic mass is 32.2. The molecule has 0 bridgehead atoms. The van der Waals surface area contributed by atoms with Crippen LogP contribution in [0.25, 0.3) is 0 Å². The van der Waals surface area contributed by atoms with Gasteiger partial charge in [0.25, 0.3) is 0 Å². The van der Waals surface area contributed by atoms with Gasteiger partial charge in [0.15, 0.2) is 9.84 Å². The van der Waals surface area contributed by atoms with Crippen LogP contribution < -0.4 is 5.32 Å². The van der Waals surface area contributed by atoms with Crippen LogP contribution in [0, 0.1) is 13.8 Å². The summed E-state index contributed by atoms with van der Waals surface area (Å²) in [5, 5.41) is 3.17. The van der Waals surface area contributed by atoms with Crippen molar-refractivity contribution in [1.29, 1.82) is 0 Å². The molecule has 2 rings (SSSR count). The minimum absolute atomic E-state index is 0.0877. The third kappa shape index (κ3) is 3.61. The first kappa shape index (κ1) is 14.6. The fourth-order valence-electron chi connectivity index (χ4n) is 1.95. The summed E-state index contributed by atoms with van der Waals surface area (Å²) in [6, 6.07) is 14.8. The molecule has 0 aliphatic carbocycles. The van der Waals surface area contributed by atoms with Gasteiger partial charge in [0.05, 0.1) is 10.6 Å². The summed E-state index contributed by atoms with van der Waals surface area (Å²) in [6.07, 6.45) is 0. The molecule has 4 heteroatoms. The van der Waals surface area contributed by atoms with Crippen molar-refractivity contribution in [1.82, 2.24) is 0 Å². The molecule has 0 amide bonds. The van der Waals surface area contributed by atoms with E-state index >= 15 is 0 Å². The molecule has 0 aliphatic rings. The number of rotatable bonds is 5. The molecule has 0 heterocycles. The van der Waals surface area contributed by atoms with Crippen LogP contribution in [0.3, 0.4) is 0 Å². The topological polar surface area (TPSA) is 46.2 Å². The fraction of sp³-hybridized carbons (Fsp3) is 0.250. The summed E-state index contributed by atoms with van der Waals surface area (Å²) in [7, 11) is -3.22. The van der Waals surface area contributed by atoms with Crippen molar-refractivity contribution in [3.8, 4) is 0 Å². The molecule has 1 N–H and O–H groups in total. The molecule has 0 unspecified atom stereocenters. The minimum Gasteiger partial charge on any atom is -0.384 e. The number of sulfone groups is 1. The van der Waals surface area contributed by atoms with Crippen LogP contribution in [0.1, 0.15) is 11.1 Å². The molecule has 3 nitrogen and oxygen atoms in total. The Labute approximate surface area is 120 Å². The van der Waals surface area contributed by atoms with Gasteiger partial charge in [-0.25, -0.2) is 8.42 Å². The van der Waals surface area contributed by atoms with Crippen LogP contribution in [-0.4, -0.2) is 20.7 Å². The van der Waals surface area contributed by atoms with E-state index in [9.17, 15) is 8.42 Å². The van der Waals surface area contributed by atoms with Crippen molar-refractivity contribution in [2.45, 2.75) is 18.7 Å². The summed E-state index contributed by atoms with van der Waals surface area (Å²) >= 11 is 0. The van der Waals surface area contributed by atoms with Crippen LogP contribution in [0.4, 0.5) is 5.69 Å². The minimum atomic E-state index is -3.22. The molecule has 0 aromatic heterocycles. The second-order valence-electron chi connectivity index (χ2n) is 4.87. The normalized spacial score (nSPS) is 11.3. The third-order valence-electron chi connectivity index (χ3n) is 3.21. The Morgan fingerprint density at radius 2 is 1.60 bits per heavy atom. The van der Waals surface area contributed by atoms with Crippen molar-refractivity contribution < 1.29 is 8.42 Å². The molecule has 0 fully saturated rings. The molecule has 0 atom stereocenters. The van der Waals surface area contributed by atoms with Gasteiger partial charge in [0.2, 0.25) is 0 Å². The SMILES string of the molecule is Cc1ccc(S(=O)(=O)CCNc2ccccc2C)cc1. The van der Waals surface area contributed by atoms with Crippen molar-refractivity contribution in [2.24, 2.45) is 0 Å². The van der Waals surface area contributed by atoms with Crippen molar-refractivity contribution in [2.75, 3.05) is 17.6 Å². The van der Waals surface area contributed by atoms with Gasteiger partial charge in [-0.2, -0.15) is 0 Å². The molecule has 0 saturated heterocycles. The number of aryl methyl sites for hydroxylation is 2. The van der Waals surface area contributed by atoms with Crippen LogP contribution in [0.15, 0.2) is 53.4 Å². The quantitative estimate of drug-likeness (QED) is 0.919. The van der Waals surface area contributed by atoms with Crippen LogP contribution in [0.2, 0.25) is 0 Å². The van der Waals surface area contributed by atoms with E-state index in [1.807, 2.05) is 50.2 Å². The average molecular weight is 289 g/mol. The van der Waals surface area contributed by atoms with E-state index in [-0.39, 0.29) is 5.75 Å². The van der Waals surface area contributed by atoms with Gasteiger partial charge < -0.3 is 5.32 Å². The summed E-state index contributed by atoms with van der Waals surface area (Å²) in [4.78, 5) is 0.384. The lowest BCUT2D eigenvalue weighted by molar-refractivity contribution is 0.596. The first-order chi connectivity index (χ1) is 9.49. The van der Waals surface area contributed by atoms with Crippen molar-refractivity contribution in [3.63, 3.8) is 0 Å². The Kier molecular flexibility index (Phi) is 4.45. The molecular formula is C16H19NO2S. The highest BCUT2D eigenvalue weighted by molar-refractivity contribution is 7.91. The number of anilines is 1. The first-order valence-electron chi connectivity index (χ1n) is 6.58. The second kappa shape index (κ2) is 6.09. The summed E-state index contributed by atoms with van der Waals surface area (Å²) < 4.78 is 24.4. The zero-order valence-corrected chi connectivity index (χ0v) is 12.6. The Hall–Kier alpha value is -1.81. The molecule has 2 aromatic rings. The lowest BCUT2D eigenvalue weighted by Gasteiger charge is -2.10. The summed E-state index contributed by atoms with van der Waals surface area (Å²) in [5.41, 5.74) is 3.15. The molecule has 2 aromatic carbocycles. The Morgan fingerprint density at radius 3 is 2.25 bits per heavy atom.